The lowest BCUT2D eigenvalue weighted by Gasteiger charge is -2.07. The summed E-state index contributed by atoms with van der Waals surface area (Å²) in [5.74, 6) is 0.324. The molecular formula is C18H19N5O2. The quantitative estimate of drug-likeness (QED) is 0.746. The lowest BCUT2D eigenvalue weighted by molar-refractivity contribution is 0.0950. The predicted molar refractivity (Wildman–Crippen MR) is 93.0 cm³/mol. The van der Waals surface area contributed by atoms with Crippen molar-refractivity contribution in [3.63, 3.8) is 0 Å². The van der Waals surface area contributed by atoms with Gasteiger partial charge in [0.2, 0.25) is 5.88 Å². The van der Waals surface area contributed by atoms with Crippen LogP contribution in [0.1, 0.15) is 22.8 Å². The molecule has 0 bridgehead atoms. The molecule has 25 heavy (non-hydrogen) atoms. The van der Waals surface area contributed by atoms with Crippen LogP contribution in [0, 0.1) is 0 Å². The number of rotatable bonds is 6. The topological polar surface area (TPSA) is 81.9 Å². The number of pyridine rings is 2. The Hall–Kier alpha value is -3.22. The van der Waals surface area contributed by atoms with Crippen molar-refractivity contribution >= 4 is 5.91 Å². The van der Waals surface area contributed by atoms with Gasteiger partial charge in [0.25, 0.3) is 5.91 Å². The van der Waals surface area contributed by atoms with Crippen LogP contribution in [0.2, 0.25) is 0 Å². The number of nitrogens with zero attached hydrogens (tertiary/aromatic N) is 4. The van der Waals surface area contributed by atoms with Crippen LogP contribution in [-0.4, -0.2) is 32.3 Å². The highest BCUT2D eigenvalue weighted by Crippen LogP contribution is 2.16. The van der Waals surface area contributed by atoms with Gasteiger partial charge in [0.1, 0.15) is 0 Å². The first kappa shape index (κ1) is 16.6. The molecule has 0 aliphatic rings. The SMILES string of the molecule is CCOc1ccc(C(=O)NCc2ccnc(-c3cnn(C)c3)c2)cn1. The number of aryl methyl sites for hydroxylation is 1. The summed E-state index contributed by atoms with van der Waals surface area (Å²) in [7, 11) is 1.86. The van der Waals surface area contributed by atoms with Gasteiger partial charge in [-0.25, -0.2) is 4.98 Å². The molecule has 0 aliphatic carbocycles. The number of hydrogen-bond donors (Lipinski definition) is 1. The minimum atomic E-state index is -0.185. The molecule has 0 fully saturated rings. The Bertz CT molecular complexity index is 858. The van der Waals surface area contributed by atoms with Crippen molar-refractivity contribution < 1.29 is 9.53 Å². The van der Waals surface area contributed by atoms with Crippen molar-refractivity contribution in [2.75, 3.05) is 6.61 Å². The summed E-state index contributed by atoms with van der Waals surface area (Å²) in [4.78, 5) is 20.7. The van der Waals surface area contributed by atoms with Crippen LogP contribution in [0.5, 0.6) is 5.88 Å². The minimum Gasteiger partial charge on any atom is -0.478 e. The first-order valence-corrected chi connectivity index (χ1v) is 7.96. The van der Waals surface area contributed by atoms with E-state index in [-0.39, 0.29) is 5.91 Å². The van der Waals surface area contributed by atoms with Gasteiger partial charge < -0.3 is 10.1 Å². The molecule has 0 unspecified atom stereocenters. The first-order chi connectivity index (χ1) is 12.2. The Morgan fingerprint density at radius 2 is 2.12 bits per heavy atom. The Morgan fingerprint density at radius 3 is 2.80 bits per heavy atom. The summed E-state index contributed by atoms with van der Waals surface area (Å²) in [6.07, 6.45) is 6.89. The second-order valence-corrected chi connectivity index (χ2v) is 5.45. The van der Waals surface area contributed by atoms with Gasteiger partial charge in [-0.15, -0.1) is 0 Å². The number of aromatic nitrogens is 4. The number of ether oxygens (including phenoxy) is 1. The van der Waals surface area contributed by atoms with Crippen molar-refractivity contribution in [2.24, 2.45) is 7.05 Å². The summed E-state index contributed by atoms with van der Waals surface area (Å²) in [5.41, 5.74) is 3.21. The first-order valence-electron chi connectivity index (χ1n) is 7.96. The van der Waals surface area contributed by atoms with Crippen molar-refractivity contribution in [1.29, 1.82) is 0 Å². The second kappa shape index (κ2) is 7.57. The van der Waals surface area contributed by atoms with Crippen LogP contribution < -0.4 is 10.1 Å². The zero-order chi connectivity index (χ0) is 17.6. The molecule has 0 saturated heterocycles. The lowest BCUT2D eigenvalue weighted by atomic mass is 10.1. The highest BCUT2D eigenvalue weighted by Gasteiger charge is 2.08. The largest absolute Gasteiger partial charge is 0.478 e. The normalized spacial score (nSPS) is 10.5. The number of carbonyl (C=O) groups is 1. The maximum atomic E-state index is 12.2. The van der Waals surface area contributed by atoms with E-state index < -0.39 is 0 Å². The smallest absolute Gasteiger partial charge is 0.253 e. The van der Waals surface area contributed by atoms with E-state index in [1.807, 2.05) is 32.3 Å². The Morgan fingerprint density at radius 1 is 1.24 bits per heavy atom. The fourth-order valence-corrected chi connectivity index (χ4v) is 2.33. The monoisotopic (exact) mass is 337 g/mol. The molecule has 0 aliphatic heterocycles. The number of nitrogens with one attached hydrogen (secondary N) is 1. The van der Waals surface area contributed by atoms with Gasteiger partial charge in [-0.3, -0.25) is 14.5 Å². The predicted octanol–water partition coefficient (Wildman–Crippen LogP) is 2.21. The summed E-state index contributed by atoms with van der Waals surface area (Å²) in [5, 5.41) is 7.03. The molecule has 1 amide bonds. The van der Waals surface area contributed by atoms with Crippen LogP contribution in [0.3, 0.4) is 0 Å². The van der Waals surface area contributed by atoms with Gasteiger partial charge in [0, 0.05) is 43.8 Å². The Labute approximate surface area is 145 Å². The molecular weight excluding hydrogens is 318 g/mol. The maximum Gasteiger partial charge on any atom is 0.253 e. The van der Waals surface area contributed by atoms with Crippen molar-refractivity contribution in [3.05, 3.63) is 60.2 Å². The van der Waals surface area contributed by atoms with E-state index in [4.69, 9.17) is 4.74 Å². The van der Waals surface area contributed by atoms with Crippen LogP contribution in [0.15, 0.2) is 49.1 Å². The van der Waals surface area contributed by atoms with Crippen LogP contribution in [0.25, 0.3) is 11.3 Å². The third-order valence-electron chi connectivity index (χ3n) is 3.57. The zero-order valence-corrected chi connectivity index (χ0v) is 14.1. The van der Waals surface area contributed by atoms with E-state index >= 15 is 0 Å². The number of hydrogen-bond acceptors (Lipinski definition) is 5. The summed E-state index contributed by atoms with van der Waals surface area (Å²) >= 11 is 0. The van der Waals surface area contributed by atoms with Crippen LogP contribution in [-0.2, 0) is 13.6 Å². The van der Waals surface area contributed by atoms with Gasteiger partial charge in [-0.05, 0) is 30.7 Å². The van der Waals surface area contributed by atoms with Gasteiger partial charge in [-0.2, -0.15) is 5.10 Å². The van der Waals surface area contributed by atoms with Gasteiger partial charge in [-0.1, -0.05) is 0 Å². The minimum absolute atomic E-state index is 0.185. The van der Waals surface area contributed by atoms with E-state index in [1.54, 1.807) is 29.2 Å². The number of carbonyl (C=O) groups excluding carboxylic acids is 1. The zero-order valence-electron chi connectivity index (χ0n) is 14.1. The lowest BCUT2D eigenvalue weighted by Crippen LogP contribution is -2.23. The molecule has 3 rings (SSSR count). The molecule has 3 heterocycles. The van der Waals surface area contributed by atoms with Crippen LogP contribution >= 0.6 is 0 Å². The van der Waals surface area contributed by atoms with E-state index in [0.29, 0.717) is 24.6 Å². The molecule has 3 aromatic rings. The van der Waals surface area contributed by atoms with Crippen LogP contribution in [0.4, 0.5) is 0 Å². The average molecular weight is 337 g/mol. The van der Waals surface area contributed by atoms with Crippen molar-refractivity contribution in [2.45, 2.75) is 13.5 Å². The molecule has 3 aromatic heterocycles. The molecule has 7 heteroatoms. The van der Waals surface area contributed by atoms with E-state index in [0.717, 1.165) is 16.8 Å². The molecule has 128 valence electrons. The van der Waals surface area contributed by atoms with Gasteiger partial charge in [0.15, 0.2) is 0 Å². The summed E-state index contributed by atoms with van der Waals surface area (Å²) < 4.78 is 7.00. The van der Waals surface area contributed by atoms with Gasteiger partial charge >= 0.3 is 0 Å². The molecule has 0 saturated carbocycles. The molecule has 0 spiro atoms. The molecule has 0 aromatic carbocycles. The fraction of sp³-hybridized carbons (Fsp3) is 0.222. The highest BCUT2D eigenvalue weighted by atomic mass is 16.5. The molecule has 7 nitrogen and oxygen atoms in total. The summed E-state index contributed by atoms with van der Waals surface area (Å²) in [6.45, 7) is 2.83. The standard InChI is InChI=1S/C18H19N5O2/c1-3-25-17-5-4-14(10-20-17)18(24)21-9-13-6-7-19-16(8-13)15-11-22-23(2)12-15/h4-8,10-12H,3,9H2,1-2H3,(H,21,24). The average Bonchev–Trinajstić information content (AvgIpc) is 3.07. The maximum absolute atomic E-state index is 12.2. The molecule has 0 radical (unpaired) electrons. The third-order valence-corrected chi connectivity index (χ3v) is 3.57. The highest BCUT2D eigenvalue weighted by molar-refractivity contribution is 5.93. The van der Waals surface area contributed by atoms with E-state index in [1.165, 1.54) is 6.20 Å². The van der Waals surface area contributed by atoms with E-state index in [9.17, 15) is 4.79 Å². The van der Waals surface area contributed by atoms with Crippen molar-refractivity contribution in [1.82, 2.24) is 25.1 Å². The number of amides is 1. The van der Waals surface area contributed by atoms with E-state index in [2.05, 4.69) is 20.4 Å². The molecule has 1 N–H and O–H groups in total. The Kier molecular flexibility index (Phi) is 5.03. The molecule has 0 atom stereocenters. The van der Waals surface area contributed by atoms with Gasteiger partial charge in [0.05, 0.1) is 24.1 Å². The third kappa shape index (κ3) is 4.20. The Balaban J connectivity index is 1.64. The second-order valence-electron chi connectivity index (χ2n) is 5.45. The van der Waals surface area contributed by atoms with Crippen molar-refractivity contribution in [3.8, 4) is 17.1 Å². The fourth-order valence-electron chi connectivity index (χ4n) is 2.33. The summed E-state index contributed by atoms with van der Waals surface area (Å²) in [6, 6.07) is 7.19.